The standard InChI is InChI=1S/C48H82NO12P/c1-6-8-10-11-12-13-14-15-16-17-18-19-20-21-22-23-28-32-46(52)57-39-42(40-59-62(55,56)58-37-36-49(3,4)5)60-47(53)33-29-25-24-27-31-43-44(51)38-48(54)61-45(43)35-34-41(50)30-26-9-7-2/h8,10,12-13,15-16,18-19,24,27,34-35,41-45,48,50-51,54H,6-7,9,11,14,17,20-23,25-26,28-33,36-40H2,1-5H3/p+1/b10-8-,13-12-,16-15-,19-18-,27-24-,35-34+/t41-,42+,43-,44-,45+,48?/m0/s1. The molecule has 356 valence electrons. The van der Waals surface area contributed by atoms with Crippen molar-refractivity contribution in [3.05, 3.63) is 72.9 Å². The predicted octanol–water partition coefficient (Wildman–Crippen LogP) is 9.13. The van der Waals surface area contributed by atoms with E-state index in [1.54, 1.807) is 12.2 Å². The van der Waals surface area contributed by atoms with Crippen molar-refractivity contribution >= 4 is 19.8 Å². The van der Waals surface area contributed by atoms with Crippen molar-refractivity contribution < 1.29 is 62.1 Å². The van der Waals surface area contributed by atoms with Crippen LogP contribution in [0.5, 0.6) is 0 Å². The van der Waals surface area contributed by atoms with Crippen LogP contribution in [0, 0.1) is 5.92 Å². The molecule has 0 aromatic carbocycles. The van der Waals surface area contributed by atoms with Crippen LogP contribution in [0.25, 0.3) is 0 Å². The quantitative estimate of drug-likeness (QED) is 0.0154. The van der Waals surface area contributed by atoms with E-state index in [1.807, 2.05) is 33.3 Å². The number of carbonyl (C=O) groups excluding carboxylic acids is 2. The third kappa shape index (κ3) is 32.9. The highest BCUT2D eigenvalue weighted by Crippen LogP contribution is 2.43. The second kappa shape index (κ2) is 35.6. The van der Waals surface area contributed by atoms with Crippen molar-refractivity contribution in [2.45, 2.75) is 167 Å². The normalized spacial score (nSPS) is 20.9. The molecule has 1 aliphatic heterocycles. The van der Waals surface area contributed by atoms with Crippen molar-refractivity contribution in [1.82, 2.24) is 0 Å². The summed E-state index contributed by atoms with van der Waals surface area (Å²) in [6.07, 6.45) is 34.3. The summed E-state index contributed by atoms with van der Waals surface area (Å²) in [5, 5.41) is 31.0. The minimum atomic E-state index is -4.47. The van der Waals surface area contributed by atoms with Gasteiger partial charge in [0.1, 0.15) is 19.8 Å². The zero-order valence-electron chi connectivity index (χ0n) is 38.6. The maximum absolute atomic E-state index is 12.8. The molecule has 0 spiro atoms. The van der Waals surface area contributed by atoms with Crippen molar-refractivity contribution in [3.8, 4) is 0 Å². The molecule has 2 unspecified atom stereocenters. The SMILES string of the molecule is CC/C=C\C/C=C\C/C=C\C/C=C\CCCCCCC(=O)OC[C@H](COP(=O)(O)OCC[N+](C)(C)C)OC(=O)CCC/C=C\C[C@H]1[C@@H](O)CC(O)O[C@@H]1/C=C/[C@@H](O)CCCCC. The minimum Gasteiger partial charge on any atom is -0.462 e. The number of unbranched alkanes of at least 4 members (excludes halogenated alkanes) is 7. The zero-order valence-corrected chi connectivity index (χ0v) is 39.5. The number of likely N-dealkylation sites (N-methyl/N-ethyl adjacent to an activating group) is 1. The molecular formula is C48H83NO12P+. The van der Waals surface area contributed by atoms with Gasteiger partial charge in [0.15, 0.2) is 12.4 Å². The van der Waals surface area contributed by atoms with E-state index >= 15 is 0 Å². The smallest absolute Gasteiger partial charge is 0.462 e. The van der Waals surface area contributed by atoms with Gasteiger partial charge in [0.25, 0.3) is 0 Å². The topological polar surface area (TPSA) is 178 Å². The maximum atomic E-state index is 12.8. The molecule has 0 saturated carbocycles. The summed E-state index contributed by atoms with van der Waals surface area (Å²) in [4.78, 5) is 35.6. The average Bonchev–Trinajstić information content (AvgIpc) is 3.20. The van der Waals surface area contributed by atoms with E-state index in [0.717, 1.165) is 70.6 Å². The van der Waals surface area contributed by atoms with Gasteiger partial charge in [-0.3, -0.25) is 18.6 Å². The molecule has 0 bridgehead atoms. The van der Waals surface area contributed by atoms with Gasteiger partial charge < -0.3 is 38.9 Å². The molecule has 62 heavy (non-hydrogen) atoms. The van der Waals surface area contributed by atoms with E-state index in [0.29, 0.717) is 43.1 Å². The summed E-state index contributed by atoms with van der Waals surface area (Å²) >= 11 is 0. The average molecular weight is 897 g/mol. The fourth-order valence-corrected chi connectivity index (χ4v) is 7.08. The summed E-state index contributed by atoms with van der Waals surface area (Å²) in [6.45, 7) is 3.83. The number of hydrogen-bond acceptors (Lipinski definition) is 11. The first kappa shape index (κ1) is 57.3. The van der Waals surface area contributed by atoms with Crippen LogP contribution in [0.4, 0.5) is 0 Å². The molecule has 1 heterocycles. The molecule has 1 aliphatic rings. The van der Waals surface area contributed by atoms with E-state index in [2.05, 4.69) is 62.5 Å². The Labute approximate surface area is 373 Å². The number of esters is 2. The van der Waals surface area contributed by atoms with Gasteiger partial charge in [0, 0.05) is 25.2 Å². The summed E-state index contributed by atoms with van der Waals surface area (Å²) in [5.74, 6) is -1.35. The van der Waals surface area contributed by atoms with Gasteiger partial charge in [-0.25, -0.2) is 4.57 Å². The molecule has 1 saturated heterocycles. The Morgan fingerprint density at radius 1 is 0.774 bits per heavy atom. The Hall–Kier alpha value is -2.71. The van der Waals surface area contributed by atoms with Crippen LogP contribution in [-0.4, -0.2) is 115 Å². The van der Waals surface area contributed by atoms with Crippen LogP contribution in [0.15, 0.2) is 72.9 Å². The molecule has 0 radical (unpaired) electrons. The van der Waals surface area contributed by atoms with Crippen molar-refractivity contribution in [3.63, 3.8) is 0 Å². The maximum Gasteiger partial charge on any atom is 0.472 e. The number of rotatable bonds is 36. The van der Waals surface area contributed by atoms with Crippen molar-refractivity contribution in [2.24, 2.45) is 5.92 Å². The van der Waals surface area contributed by atoms with E-state index < -0.39 is 57.1 Å². The highest BCUT2D eigenvalue weighted by Gasteiger charge is 2.35. The number of quaternary nitrogens is 1. The van der Waals surface area contributed by atoms with Crippen LogP contribution < -0.4 is 0 Å². The number of aliphatic hydroxyl groups is 3. The molecule has 14 heteroatoms. The number of phosphoric acid groups is 1. The van der Waals surface area contributed by atoms with E-state index in [-0.39, 0.29) is 38.4 Å². The summed E-state index contributed by atoms with van der Waals surface area (Å²) in [7, 11) is 1.28. The van der Waals surface area contributed by atoms with Gasteiger partial charge in [-0.2, -0.15) is 0 Å². The molecule has 0 aromatic heterocycles. The molecule has 7 atom stereocenters. The largest absolute Gasteiger partial charge is 0.472 e. The highest BCUT2D eigenvalue weighted by molar-refractivity contribution is 7.47. The van der Waals surface area contributed by atoms with Crippen LogP contribution in [0.2, 0.25) is 0 Å². The Bertz CT molecular complexity index is 1400. The molecular weight excluding hydrogens is 813 g/mol. The van der Waals surface area contributed by atoms with Gasteiger partial charge in [0.05, 0.1) is 46.1 Å². The second-order valence-electron chi connectivity index (χ2n) is 16.9. The van der Waals surface area contributed by atoms with Crippen molar-refractivity contribution in [1.29, 1.82) is 0 Å². The third-order valence-electron chi connectivity index (χ3n) is 10.0. The van der Waals surface area contributed by atoms with Crippen LogP contribution in [0.1, 0.15) is 136 Å². The molecule has 4 N–H and O–H groups in total. The number of ether oxygens (including phenoxy) is 3. The lowest BCUT2D eigenvalue weighted by atomic mass is 9.87. The zero-order chi connectivity index (χ0) is 45.9. The number of aliphatic hydroxyl groups excluding tert-OH is 3. The molecule has 1 rings (SSSR count). The summed E-state index contributed by atoms with van der Waals surface area (Å²) in [6, 6.07) is 0. The lowest BCUT2D eigenvalue weighted by Gasteiger charge is -2.36. The monoisotopic (exact) mass is 897 g/mol. The molecule has 0 aromatic rings. The highest BCUT2D eigenvalue weighted by atomic mass is 31.2. The number of nitrogens with zero attached hydrogens (tertiary/aromatic N) is 1. The first-order valence-electron chi connectivity index (χ1n) is 23.1. The van der Waals surface area contributed by atoms with Crippen molar-refractivity contribution in [2.75, 3.05) is 47.5 Å². The Morgan fingerprint density at radius 3 is 2.08 bits per heavy atom. The van der Waals surface area contributed by atoms with Crippen LogP contribution in [0.3, 0.4) is 0 Å². The molecule has 1 fully saturated rings. The molecule has 0 aliphatic carbocycles. The summed E-state index contributed by atoms with van der Waals surface area (Å²) < 4.78 is 39.9. The number of allylic oxidation sites excluding steroid dienone is 10. The van der Waals surface area contributed by atoms with Gasteiger partial charge in [-0.05, 0) is 70.6 Å². The van der Waals surface area contributed by atoms with E-state index in [9.17, 15) is 34.4 Å². The van der Waals surface area contributed by atoms with Crippen LogP contribution in [-0.2, 0) is 37.4 Å². The fourth-order valence-electron chi connectivity index (χ4n) is 6.34. The Balaban J connectivity index is 2.55. The fraction of sp³-hybridized carbons (Fsp3) is 0.708. The number of hydrogen-bond donors (Lipinski definition) is 4. The van der Waals surface area contributed by atoms with Gasteiger partial charge in [0.2, 0.25) is 0 Å². The molecule has 13 nitrogen and oxygen atoms in total. The van der Waals surface area contributed by atoms with Crippen LogP contribution >= 0.6 is 7.82 Å². The van der Waals surface area contributed by atoms with E-state index in [4.69, 9.17) is 23.3 Å². The molecule has 0 amide bonds. The third-order valence-corrected chi connectivity index (χ3v) is 11.0. The first-order valence-corrected chi connectivity index (χ1v) is 24.6. The summed E-state index contributed by atoms with van der Waals surface area (Å²) in [5.41, 5.74) is 0. The number of phosphoric ester groups is 1. The Kier molecular flexibility index (Phi) is 32.9. The predicted molar refractivity (Wildman–Crippen MR) is 246 cm³/mol. The lowest BCUT2D eigenvalue weighted by Crippen LogP contribution is -2.43. The Morgan fingerprint density at radius 2 is 1.40 bits per heavy atom. The minimum absolute atomic E-state index is 0.0258. The second-order valence-corrected chi connectivity index (χ2v) is 18.4. The van der Waals surface area contributed by atoms with Gasteiger partial charge >= 0.3 is 19.8 Å². The van der Waals surface area contributed by atoms with E-state index in [1.165, 1.54) is 0 Å². The lowest BCUT2D eigenvalue weighted by molar-refractivity contribution is -0.870. The van der Waals surface area contributed by atoms with Gasteiger partial charge in [-0.1, -0.05) is 119 Å². The number of carbonyl (C=O) groups is 2. The van der Waals surface area contributed by atoms with Gasteiger partial charge in [-0.15, -0.1) is 0 Å². The first-order chi connectivity index (χ1) is 29.7.